The summed E-state index contributed by atoms with van der Waals surface area (Å²) in [6.45, 7) is 4.08. The molecule has 0 radical (unpaired) electrons. The summed E-state index contributed by atoms with van der Waals surface area (Å²) in [4.78, 5) is 4.34. The van der Waals surface area contributed by atoms with Crippen LogP contribution in [-0.4, -0.2) is 9.38 Å². The van der Waals surface area contributed by atoms with Crippen LogP contribution in [0.3, 0.4) is 0 Å². The second kappa shape index (κ2) is 2.09. The van der Waals surface area contributed by atoms with Crippen molar-refractivity contribution in [3.8, 4) is 0 Å². The molecule has 0 fully saturated rings. The molecule has 2 aromatic heterocycles. The minimum atomic E-state index is 1.03. The van der Waals surface area contributed by atoms with Crippen LogP contribution in [0.15, 0.2) is 24.5 Å². The molecule has 2 nitrogen and oxygen atoms in total. The van der Waals surface area contributed by atoms with Gasteiger partial charge in [-0.1, -0.05) is 0 Å². The number of hydrogen-bond donors (Lipinski definition) is 0. The number of nitrogens with zero attached hydrogens (tertiary/aromatic N) is 2. The van der Waals surface area contributed by atoms with Crippen LogP contribution in [-0.2, 0) is 0 Å². The van der Waals surface area contributed by atoms with E-state index in [4.69, 9.17) is 0 Å². The third kappa shape index (κ3) is 1.00. The first-order chi connectivity index (χ1) is 5.25. The van der Waals surface area contributed by atoms with Gasteiger partial charge in [-0.3, -0.25) is 0 Å². The van der Waals surface area contributed by atoms with Gasteiger partial charge in [0.05, 0.1) is 5.69 Å². The minimum Gasteiger partial charge on any atom is -0.307 e. The molecule has 0 saturated carbocycles. The van der Waals surface area contributed by atoms with E-state index in [1.54, 1.807) is 0 Å². The molecule has 0 N–H and O–H groups in total. The third-order valence-electron chi connectivity index (χ3n) is 1.74. The summed E-state index contributed by atoms with van der Waals surface area (Å²) in [5, 5.41) is 0. The molecule has 2 heteroatoms. The van der Waals surface area contributed by atoms with Crippen LogP contribution in [0.1, 0.15) is 11.3 Å². The summed E-state index contributed by atoms with van der Waals surface area (Å²) >= 11 is 0. The van der Waals surface area contributed by atoms with Crippen molar-refractivity contribution in [2.75, 3.05) is 0 Å². The molecule has 11 heavy (non-hydrogen) atoms. The Labute approximate surface area is 65.5 Å². The number of imidazole rings is 1. The SMILES string of the molecule is Cc1ccn2cc(C)nc2c1. The van der Waals surface area contributed by atoms with Gasteiger partial charge in [-0.25, -0.2) is 4.98 Å². The standard InChI is InChI=1S/C9H10N2/c1-7-3-4-11-6-8(2)10-9(11)5-7/h3-6H,1-2H3. The van der Waals surface area contributed by atoms with Gasteiger partial charge >= 0.3 is 0 Å². The van der Waals surface area contributed by atoms with Crippen LogP contribution in [0, 0.1) is 13.8 Å². The van der Waals surface area contributed by atoms with Gasteiger partial charge in [-0.15, -0.1) is 0 Å². The number of hydrogen-bond acceptors (Lipinski definition) is 1. The molecule has 0 atom stereocenters. The Hall–Kier alpha value is -1.31. The van der Waals surface area contributed by atoms with Crippen molar-refractivity contribution in [2.24, 2.45) is 0 Å². The maximum Gasteiger partial charge on any atom is 0.137 e. The molecule has 56 valence electrons. The Morgan fingerprint density at radius 2 is 2.18 bits per heavy atom. The fourth-order valence-corrected chi connectivity index (χ4v) is 1.21. The Bertz CT molecular complexity index is 387. The Morgan fingerprint density at radius 1 is 1.36 bits per heavy atom. The molecule has 2 heterocycles. The second-order valence-electron chi connectivity index (χ2n) is 2.85. The van der Waals surface area contributed by atoms with Crippen LogP contribution < -0.4 is 0 Å². The Morgan fingerprint density at radius 3 is 3.00 bits per heavy atom. The molecule has 0 aliphatic rings. The number of rotatable bonds is 0. The van der Waals surface area contributed by atoms with E-state index in [2.05, 4.69) is 24.0 Å². The lowest BCUT2D eigenvalue weighted by atomic mass is 10.3. The average molecular weight is 146 g/mol. The molecule has 0 aliphatic heterocycles. The van der Waals surface area contributed by atoms with Gasteiger partial charge in [0.1, 0.15) is 5.65 Å². The quantitative estimate of drug-likeness (QED) is 0.555. The van der Waals surface area contributed by atoms with Crippen molar-refractivity contribution in [3.05, 3.63) is 35.8 Å². The van der Waals surface area contributed by atoms with Gasteiger partial charge in [0.15, 0.2) is 0 Å². The zero-order chi connectivity index (χ0) is 7.84. The van der Waals surface area contributed by atoms with Gasteiger partial charge in [0.2, 0.25) is 0 Å². The van der Waals surface area contributed by atoms with Gasteiger partial charge in [0.25, 0.3) is 0 Å². The van der Waals surface area contributed by atoms with E-state index in [9.17, 15) is 0 Å². The lowest BCUT2D eigenvalue weighted by Crippen LogP contribution is -1.81. The number of aromatic nitrogens is 2. The van der Waals surface area contributed by atoms with Crippen LogP contribution in [0.4, 0.5) is 0 Å². The van der Waals surface area contributed by atoms with E-state index in [1.807, 2.05) is 23.7 Å². The van der Waals surface area contributed by atoms with Crippen LogP contribution in [0.2, 0.25) is 0 Å². The van der Waals surface area contributed by atoms with Crippen molar-refractivity contribution in [2.45, 2.75) is 13.8 Å². The van der Waals surface area contributed by atoms with E-state index in [-0.39, 0.29) is 0 Å². The van der Waals surface area contributed by atoms with Crippen molar-refractivity contribution in [1.82, 2.24) is 9.38 Å². The third-order valence-corrected chi connectivity index (χ3v) is 1.74. The van der Waals surface area contributed by atoms with Crippen molar-refractivity contribution in [1.29, 1.82) is 0 Å². The lowest BCUT2D eigenvalue weighted by molar-refractivity contribution is 1.17. The number of pyridine rings is 1. The second-order valence-corrected chi connectivity index (χ2v) is 2.85. The van der Waals surface area contributed by atoms with E-state index >= 15 is 0 Å². The first-order valence-electron chi connectivity index (χ1n) is 3.68. The van der Waals surface area contributed by atoms with Crippen LogP contribution in [0.25, 0.3) is 5.65 Å². The van der Waals surface area contributed by atoms with Gasteiger partial charge in [0, 0.05) is 12.4 Å². The summed E-state index contributed by atoms with van der Waals surface area (Å²) in [5.74, 6) is 0. The van der Waals surface area contributed by atoms with Gasteiger partial charge < -0.3 is 4.40 Å². The maximum atomic E-state index is 4.34. The fourth-order valence-electron chi connectivity index (χ4n) is 1.21. The molecular weight excluding hydrogens is 136 g/mol. The average Bonchev–Trinajstić information content (AvgIpc) is 2.27. The molecule has 0 spiro atoms. The molecule has 2 rings (SSSR count). The largest absolute Gasteiger partial charge is 0.307 e. The molecular formula is C9H10N2. The van der Waals surface area contributed by atoms with Gasteiger partial charge in [-0.2, -0.15) is 0 Å². The Kier molecular flexibility index (Phi) is 1.22. The summed E-state index contributed by atoms with van der Waals surface area (Å²) in [5.41, 5.74) is 3.35. The molecule has 0 unspecified atom stereocenters. The fraction of sp³-hybridized carbons (Fsp3) is 0.222. The molecule has 0 bridgehead atoms. The van der Waals surface area contributed by atoms with Crippen LogP contribution in [0.5, 0.6) is 0 Å². The zero-order valence-corrected chi connectivity index (χ0v) is 6.70. The van der Waals surface area contributed by atoms with E-state index in [0.717, 1.165) is 11.3 Å². The number of fused-ring (bicyclic) bond motifs is 1. The first kappa shape index (κ1) is 6.40. The maximum absolute atomic E-state index is 4.34. The predicted octanol–water partition coefficient (Wildman–Crippen LogP) is 1.95. The smallest absolute Gasteiger partial charge is 0.137 e. The molecule has 0 amide bonds. The monoisotopic (exact) mass is 146 g/mol. The van der Waals surface area contributed by atoms with E-state index in [0.29, 0.717) is 0 Å². The summed E-state index contributed by atoms with van der Waals surface area (Å²) in [6, 6.07) is 4.15. The lowest BCUT2D eigenvalue weighted by Gasteiger charge is -1.92. The topological polar surface area (TPSA) is 17.3 Å². The summed E-state index contributed by atoms with van der Waals surface area (Å²) in [7, 11) is 0. The normalized spacial score (nSPS) is 10.7. The highest BCUT2D eigenvalue weighted by Gasteiger charge is 1.95. The van der Waals surface area contributed by atoms with E-state index in [1.165, 1.54) is 5.56 Å². The van der Waals surface area contributed by atoms with E-state index < -0.39 is 0 Å². The van der Waals surface area contributed by atoms with Crippen molar-refractivity contribution in [3.63, 3.8) is 0 Å². The van der Waals surface area contributed by atoms with Gasteiger partial charge in [-0.05, 0) is 31.5 Å². The van der Waals surface area contributed by atoms with Crippen LogP contribution >= 0.6 is 0 Å². The van der Waals surface area contributed by atoms with Crippen molar-refractivity contribution >= 4 is 5.65 Å². The Balaban J connectivity index is 2.82. The van der Waals surface area contributed by atoms with Crippen molar-refractivity contribution < 1.29 is 0 Å². The molecule has 0 aliphatic carbocycles. The highest BCUT2D eigenvalue weighted by atomic mass is 15.0. The number of aryl methyl sites for hydroxylation is 2. The molecule has 0 saturated heterocycles. The first-order valence-corrected chi connectivity index (χ1v) is 3.68. The highest BCUT2D eigenvalue weighted by molar-refractivity contribution is 5.42. The predicted molar refractivity (Wildman–Crippen MR) is 44.7 cm³/mol. The summed E-state index contributed by atoms with van der Waals surface area (Å²) in [6.07, 6.45) is 4.06. The summed E-state index contributed by atoms with van der Waals surface area (Å²) < 4.78 is 2.03. The zero-order valence-electron chi connectivity index (χ0n) is 6.70. The molecule has 0 aromatic carbocycles. The minimum absolute atomic E-state index is 1.03. The molecule has 2 aromatic rings. The highest BCUT2D eigenvalue weighted by Crippen LogP contribution is 2.05.